The van der Waals surface area contributed by atoms with Crippen LogP contribution in [-0.4, -0.2) is 49.5 Å². The third-order valence-corrected chi connectivity index (χ3v) is 7.78. The van der Waals surface area contributed by atoms with Gasteiger partial charge in [0.05, 0.1) is 23.9 Å². The van der Waals surface area contributed by atoms with E-state index in [1.165, 1.54) is 11.8 Å². The Bertz CT molecular complexity index is 778. The van der Waals surface area contributed by atoms with Crippen molar-refractivity contribution in [2.45, 2.75) is 44.6 Å². The zero-order valence-corrected chi connectivity index (χ0v) is 16.7. The van der Waals surface area contributed by atoms with Crippen molar-refractivity contribution in [3.8, 4) is 11.5 Å². The van der Waals surface area contributed by atoms with Crippen molar-refractivity contribution in [2.24, 2.45) is 0 Å². The van der Waals surface area contributed by atoms with Gasteiger partial charge in [-0.05, 0) is 32.4 Å². The van der Waals surface area contributed by atoms with Gasteiger partial charge in [-0.15, -0.1) is 11.8 Å². The van der Waals surface area contributed by atoms with E-state index in [9.17, 15) is 13.2 Å². The lowest BCUT2D eigenvalue weighted by atomic mass is 10.1. The van der Waals surface area contributed by atoms with Gasteiger partial charge in [-0.3, -0.25) is 4.79 Å². The molecule has 1 aromatic carbocycles. The van der Waals surface area contributed by atoms with E-state index in [1.54, 1.807) is 0 Å². The molecule has 26 heavy (non-hydrogen) atoms. The minimum atomic E-state index is -2.90. The second-order valence-corrected chi connectivity index (χ2v) is 10.3. The summed E-state index contributed by atoms with van der Waals surface area (Å²) in [6.45, 7) is 4.88. The molecule has 144 valence electrons. The molecule has 0 unspecified atom stereocenters. The Labute approximate surface area is 158 Å². The smallest absolute Gasteiger partial charge is 0.230 e. The van der Waals surface area contributed by atoms with Gasteiger partial charge in [0, 0.05) is 29.3 Å². The van der Waals surface area contributed by atoms with E-state index >= 15 is 0 Å². The van der Waals surface area contributed by atoms with Gasteiger partial charge < -0.3 is 14.8 Å². The third-order valence-electron chi connectivity index (χ3n) is 4.50. The normalized spacial score (nSPS) is 23.3. The number of carbonyl (C=O) groups excluding carboxylic acids is 1. The number of benzene rings is 1. The SMILES string of the molecule is CCOc1cc2c(cc1CNC(=O)CS[C@H]1CCS(=O)(=O)C1)O[C@@H](C)C2. The lowest BCUT2D eigenvalue weighted by molar-refractivity contribution is -0.118. The van der Waals surface area contributed by atoms with Crippen LogP contribution in [0.5, 0.6) is 11.5 Å². The molecule has 2 atom stereocenters. The molecular formula is C18H25NO5S2. The van der Waals surface area contributed by atoms with E-state index < -0.39 is 9.84 Å². The number of sulfone groups is 1. The van der Waals surface area contributed by atoms with Crippen LogP contribution in [0.1, 0.15) is 31.4 Å². The van der Waals surface area contributed by atoms with E-state index in [1.807, 2.05) is 26.0 Å². The maximum Gasteiger partial charge on any atom is 0.230 e. The Kier molecular flexibility index (Phi) is 6.02. The topological polar surface area (TPSA) is 81.7 Å². The molecule has 1 fully saturated rings. The molecule has 3 rings (SSSR count). The average Bonchev–Trinajstić information content (AvgIpc) is 3.11. The minimum absolute atomic E-state index is 0.0274. The van der Waals surface area contributed by atoms with Crippen LogP contribution >= 0.6 is 11.8 Å². The maximum atomic E-state index is 12.1. The van der Waals surface area contributed by atoms with Gasteiger partial charge in [0.15, 0.2) is 9.84 Å². The van der Waals surface area contributed by atoms with Gasteiger partial charge in [-0.25, -0.2) is 8.42 Å². The van der Waals surface area contributed by atoms with Gasteiger partial charge in [0.25, 0.3) is 0 Å². The summed E-state index contributed by atoms with van der Waals surface area (Å²) in [5.74, 6) is 2.21. The van der Waals surface area contributed by atoms with Crippen LogP contribution in [0.15, 0.2) is 12.1 Å². The van der Waals surface area contributed by atoms with Gasteiger partial charge in [-0.1, -0.05) is 0 Å². The first-order valence-corrected chi connectivity index (χ1v) is 11.8. The van der Waals surface area contributed by atoms with Crippen LogP contribution in [0, 0.1) is 0 Å². The van der Waals surface area contributed by atoms with Crippen molar-refractivity contribution in [1.82, 2.24) is 5.32 Å². The predicted molar refractivity (Wildman–Crippen MR) is 103 cm³/mol. The zero-order chi connectivity index (χ0) is 18.7. The molecule has 8 heteroatoms. The van der Waals surface area contributed by atoms with Crippen molar-refractivity contribution in [3.05, 3.63) is 23.3 Å². The fraction of sp³-hybridized carbons (Fsp3) is 0.611. The van der Waals surface area contributed by atoms with E-state index in [-0.39, 0.29) is 34.5 Å². The van der Waals surface area contributed by atoms with Crippen molar-refractivity contribution in [1.29, 1.82) is 0 Å². The van der Waals surface area contributed by atoms with Gasteiger partial charge in [0.2, 0.25) is 5.91 Å². The zero-order valence-electron chi connectivity index (χ0n) is 15.1. The molecule has 2 heterocycles. The Morgan fingerprint density at radius 2 is 2.23 bits per heavy atom. The maximum absolute atomic E-state index is 12.1. The summed E-state index contributed by atoms with van der Waals surface area (Å²) < 4.78 is 34.5. The minimum Gasteiger partial charge on any atom is -0.494 e. The molecule has 0 spiro atoms. The van der Waals surface area contributed by atoms with Crippen molar-refractivity contribution in [3.63, 3.8) is 0 Å². The number of nitrogens with one attached hydrogen (secondary N) is 1. The Balaban J connectivity index is 1.55. The van der Waals surface area contributed by atoms with Crippen LogP contribution in [0.4, 0.5) is 0 Å². The molecule has 1 N–H and O–H groups in total. The first-order valence-electron chi connectivity index (χ1n) is 8.90. The number of ether oxygens (including phenoxy) is 2. The van der Waals surface area contributed by atoms with E-state index in [4.69, 9.17) is 9.47 Å². The summed E-state index contributed by atoms with van der Waals surface area (Å²) in [6, 6.07) is 3.95. The summed E-state index contributed by atoms with van der Waals surface area (Å²) >= 11 is 1.42. The molecule has 0 bridgehead atoms. The molecule has 1 aromatic rings. The van der Waals surface area contributed by atoms with Crippen LogP contribution < -0.4 is 14.8 Å². The summed E-state index contributed by atoms with van der Waals surface area (Å²) in [5.41, 5.74) is 2.02. The Morgan fingerprint density at radius 1 is 1.42 bits per heavy atom. The summed E-state index contributed by atoms with van der Waals surface area (Å²) in [4.78, 5) is 12.1. The highest BCUT2D eigenvalue weighted by atomic mass is 32.2. The molecule has 0 aromatic heterocycles. The summed E-state index contributed by atoms with van der Waals surface area (Å²) in [6.07, 6.45) is 1.65. The molecule has 0 saturated carbocycles. The fourth-order valence-electron chi connectivity index (χ4n) is 3.24. The Hall–Kier alpha value is -1.41. The lowest BCUT2D eigenvalue weighted by Gasteiger charge is -2.14. The molecule has 1 saturated heterocycles. The van der Waals surface area contributed by atoms with Gasteiger partial charge in [-0.2, -0.15) is 0 Å². The molecule has 1 amide bonds. The number of hydrogen-bond donors (Lipinski definition) is 1. The first-order chi connectivity index (χ1) is 12.4. The summed E-state index contributed by atoms with van der Waals surface area (Å²) in [5, 5.41) is 2.93. The number of rotatable bonds is 7. The monoisotopic (exact) mass is 399 g/mol. The van der Waals surface area contributed by atoms with Crippen LogP contribution in [0.2, 0.25) is 0 Å². The molecule has 2 aliphatic heterocycles. The highest BCUT2D eigenvalue weighted by Crippen LogP contribution is 2.35. The predicted octanol–water partition coefficient (Wildman–Crippen LogP) is 1.95. The van der Waals surface area contributed by atoms with Gasteiger partial charge in [0.1, 0.15) is 17.6 Å². The van der Waals surface area contributed by atoms with Crippen LogP contribution in [0.25, 0.3) is 0 Å². The van der Waals surface area contributed by atoms with Crippen molar-refractivity contribution < 1.29 is 22.7 Å². The molecule has 0 aliphatic carbocycles. The highest BCUT2D eigenvalue weighted by molar-refractivity contribution is 8.02. The average molecular weight is 400 g/mol. The van der Waals surface area contributed by atoms with E-state index in [2.05, 4.69) is 5.32 Å². The summed E-state index contributed by atoms with van der Waals surface area (Å²) in [7, 11) is -2.90. The molecule has 2 aliphatic rings. The van der Waals surface area contributed by atoms with Crippen molar-refractivity contribution >= 4 is 27.5 Å². The quantitative estimate of drug-likeness (QED) is 0.755. The van der Waals surface area contributed by atoms with Crippen molar-refractivity contribution in [2.75, 3.05) is 23.9 Å². The number of carbonyl (C=O) groups is 1. The number of fused-ring (bicyclic) bond motifs is 1. The van der Waals surface area contributed by atoms with Crippen LogP contribution in [0.3, 0.4) is 0 Å². The number of amides is 1. The van der Waals surface area contributed by atoms with E-state index in [0.29, 0.717) is 19.6 Å². The number of thioether (sulfide) groups is 1. The lowest BCUT2D eigenvalue weighted by Crippen LogP contribution is -2.26. The molecule has 6 nitrogen and oxygen atoms in total. The molecule has 0 radical (unpaired) electrons. The Morgan fingerprint density at radius 3 is 2.92 bits per heavy atom. The standard InChI is InChI=1S/C18H25NO5S2/c1-3-23-16-7-13-6-12(2)24-17(13)8-14(16)9-19-18(20)10-25-15-4-5-26(21,22)11-15/h7-8,12,15H,3-6,9-11H2,1-2H3,(H,19,20)/t12-,15-/m0/s1. The second kappa shape index (κ2) is 8.08. The first kappa shape index (κ1) is 19.4. The highest BCUT2D eigenvalue weighted by Gasteiger charge is 2.28. The van der Waals surface area contributed by atoms with E-state index in [0.717, 1.165) is 29.0 Å². The molecular weight excluding hydrogens is 374 g/mol. The fourth-order valence-corrected chi connectivity index (χ4v) is 6.71. The van der Waals surface area contributed by atoms with Crippen LogP contribution in [-0.2, 0) is 27.6 Å². The third kappa shape index (κ3) is 4.85. The number of hydrogen-bond acceptors (Lipinski definition) is 6. The second-order valence-electron chi connectivity index (χ2n) is 6.75. The van der Waals surface area contributed by atoms with Gasteiger partial charge >= 0.3 is 0 Å². The largest absolute Gasteiger partial charge is 0.494 e.